The van der Waals surface area contributed by atoms with Gasteiger partial charge in [-0.05, 0) is 49.6 Å². The first-order chi connectivity index (χ1) is 15.6. The minimum Gasteiger partial charge on any atom is -0.352 e. The molecule has 1 unspecified atom stereocenters. The molecule has 164 valence electrons. The molecule has 0 radical (unpaired) electrons. The van der Waals surface area contributed by atoms with E-state index in [0.29, 0.717) is 6.54 Å². The lowest BCUT2D eigenvalue weighted by molar-refractivity contribution is 0.0949. The molecule has 1 atom stereocenters. The van der Waals surface area contributed by atoms with Crippen LogP contribution >= 0.6 is 0 Å². The summed E-state index contributed by atoms with van der Waals surface area (Å²) in [7, 11) is 0. The molecule has 0 aliphatic carbocycles. The second kappa shape index (κ2) is 10.2. The number of aromatic nitrogens is 2. The summed E-state index contributed by atoms with van der Waals surface area (Å²) in [5.74, 6) is 0.232. The molecule has 4 rings (SSSR count). The van der Waals surface area contributed by atoms with E-state index in [9.17, 15) is 9.18 Å². The van der Waals surface area contributed by atoms with Gasteiger partial charge in [0, 0.05) is 13.0 Å². The van der Waals surface area contributed by atoms with Gasteiger partial charge in [-0.3, -0.25) is 4.79 Å². The molecule has 0 spiro atoms. The molecule has 0 aliphatic heterocycles. The first-order valence-corrected chi connectivity index (χ1v) is 11.2. The van der Waals surface area contributed by atoms with Crippen molar-refractivity contribution in [3.05, 3.63) is 102 Å². The zero-order valence-electron chi connectivity index (χ0n) is 18.3. The highest BCUT2D eigenvalue weighted by Crippen LogP contribution is 2.26. The SMILES string of the molecule is CC(c1ccccc1)n1c(CCCCCNC(=O)c2ccccc2F)nc2ccccc21. The van der Waals surface area contributed by atoms with Crippen molar-refractivity contribution in [2.45, 2.75) is 38.6 Å². The Morgan fingerprint density at radius 3 is 2.47 bits per heavy atom. The standard InChI is InChI=1S/C27H28FN3O/c1-20(21-12-4-2-5-13-21)31-25-17-10-9-16-24(25)30-26(31)18-6-3-11-19-29-27(32)22-14-7-8-15-23(22)28/h2,4-5,7-10,12-17,20H,3,6,11,18-19H2,1H3,(H,29,32). The molecule has 0 saturated carbocycles. The Bertz CT molecular complexity index is 1190. The number of amides is 1. The molecular formula is C27H28FN3O. The van der Waals surface area contributed by atoms with Crippen LogP contribution in [0.2, 0.25) is 0 Å². The van der Waals surface area contributed by atoms with Gasteiger partial charge >= 0.3 is 0 Å². The van der Waals surface area contributed by atoms with Gasteiger partial charge in [-0.2, -0.15) is 0 Å². The number of imidazole rings is 1. The number of carbonyl (C=O) groups is 1. The van der Waals surface area contributed by atoms with E-state index >= 15 is 0 Å². The Morgan fingerprint density at radius 2 is 1.66 bits per heavy atom. The zero-order chi connectivity index (χ0) is 22.3. The van der Waals surface area contributed by atoms with Crippen molar-refractivity contribution in [3.63, 3.8) is 0 Å². The molecule has 0 fully saturated rings. The molecule has 1 heterocycles. The number of fused-ring (bicyclic) bond motifs is 1. The van der Waals surface area contributed by atoms with Gasteiger partial charge in [-0.25, -0.2) is 9.37 Å². The predicted octanol–water partition coefficient (Wildman–Crippen LogP) is 5.93. The average Bonchev–Trinajstić information content (AvgIpc) is 3.19. The fourth-order valence-corrected chi connectivity index (χ4v) is 4.11. The number of benzene rings is 3. The largest absolute Gasteiger partial charge is 0.352 e. The lowest BCUT2D eigenvalue weighted by Gasteiger charge is -2.18. The molecule has 0 aliphatic rings. The van der Waals surface area contributed by atoms with Crippen LogP contribution < -0.4 is 5.32 Å². The molecule has 1 aromatic heterocycles. The summed E-state index contributed by atoms with van der Waals surface area (Å²) in [6, 6.07) is 25.0. The molecule has 32 heavy (non-hydrogen) atoms. The van der Waals surface area contributed by atoms with E-state index in [1.54, 1.807) is 12.1 Å². The van der Waals surface area contributed by atoms with Crippen LogP contribution in [0.1, 0.15) is 54.0 Å². The minimum atomic E-state index is -0.489. The Labute approximate surface area is 188 Å². The number of hydrogen-bond donors (Lipinski definition) is 1. The lowest BCUT2D eigenvalue weighted by atomic mass is 10.1. The Morgan fingerprint density at radius 1 is 0.938 bits per heavy atom. The van der Waals surface area contributed by atoms with Crippen molar-refractivity contribution < 1.29 is 9.18 Å². The summed E-state index contributed by atoms with van der Waals surface area (Å²) < 4.78 is 16.0. The van der Waals surface area contributed by atoms with Crippen LogP contribution in [0.25, 0.3) is 11.0 Å². The van der Waals surface area contributed by atoms with Gasteiger partial charge in [0.15, 0.2) is 0 Å². The third-order valence-corrected chi connectivity index (χ3v) is 5.82. The number of aryl methyl sites for hydroxylation is 1. The van der Waals surface area contributed by atoms with E-state index in [2.05, 4.69) is 59.3 Å². The molecule has 1 N–H and O–H groups in total. The van der Waals surface area contributed by atoms with Crippen molar-refractivity contribution in [1.82, 2.24) is 14.9 Å². The van der Waals surface area contributed by atoms with E-state index in [1.807, 2.05) is 12.1 Å². The molecule has 4 nitrogen and oxygen atoms in total. The maximum Gasteiger partial charge on any atom is 0.254 e. The Kier molecular flexibility index (Phi) is 6.95. The third-order valence-electron chi connectivity index (χ3n) is 5.82. The zero-order valence-corrected chi connectivity index (χ0v) is 18.3. The molecule has 0 bridgehead atoms. The van der Waals surface area contributed by atoms with Gasteiger partial charge in [-0.15, -0.1) is 0 Å². The average molecular weight is 430 g/mol. The van der Waals surface area contributed by atoms with Gasteiger partial charge in [0.1, 0.15) is 11.6 Å². The van der Waals surface area contributed by atoms with E-state index in [1.165, 1.54) is 17.7 Å². The van der Waals surface area contributed by atoms with Gasteiger partial charge in [0.25, 0.3) is 5.91 Å². The van der Waals surface area contributed by atoms with Crippen LogP contribution in [-0.4, -0.2) is 22.0 Å². The highest BCUT2D eigenvalue weighted by Gasteiger charge is 2.17. The number of rotatable bonds is 9. The highest BCUT2D eigenvalue weighted by atomic mass is 19.1. The van der Waals surface area contributed by atoms with Crippen molar-refractivity contribution in [2.75, 3.05) is 6.54 Å². The quantitative estimate of drug-likeness (QED) is 0.335. The van der Waals surface area contributed by atoms with Gasteiger partial charge in [0.05, 0.1) is 22.6 Å². The lowest BCUT2D eigenvalue weighted by Crippen LogP contribution is -2.25. The highest BCUT2D eigenvalue weighted by molar-refractivity contribution is 5.94. The summed E-state index contributed by atoms with van der Waals surface area (Å²) in [6.45, 7) is 2.75. The van der Waals surface area contributed by atoms with E-state index < -0.39 is 5.82 Å². The van der Waals surface area contributed by atoms with Crippen LogP contribution in [-0.2, 0) is 6.42 Å². The van der Waals surface area contributed by atoms with Crippen LogP contribution in [0, 0.1) is 5.82 Å². The molecule has 3 aromatic carbocycles. The van der Waals surface area contributed by atoms with E-state index in [-0.39, 0.29) is 17.5 Å². The summed E-state index contributed by atoms with van der Waals surface area (Å²) in [4.78, 5) is 17.0. The first-order valence-electron chi connectivity index (χ1n) is 11.2. The summed E-state index contributed by atoms with van der Waals surface area (Å²) >= 11 is 0. The second-order valence-corrected chi connectivity index (χ2v) is 8.02. The van der Waals surface area contributed by atoms with Gasteiger partial charge in [-0.1, -0.05) is 61.0 Å². The normalized spacial score (nSPS) is 12.1. The summed E-state index contributed by atoms with van der Waals surface area (Å²) in [6.07, 6.45) is 3.64. The first kappa shape index (κ1) is 21.8. The van der Waals surface area contributed by atoms with Crippen LogP contribution in [0.3, 0.4) is 0 Å². The topological polar surface area (TPSA) is 46.9 Å². The summed E-state index contributed by atoms with van der Waals surface area (Å²) in [5.41, 5.74) is 3.52. The number of hydrogen-bond acceptors (Lipinski definition) is 2. The Balaban J connectivity index is 1.35. The number of halogens is 1. The smallest absolute Gasteiger partial charge is 0.254 e. The number of unbranched alkanes of at least 4 members (excludes halogenated alkanes) is 2. The van der Waals surface area contributed by atoms with E-state index in [4.69, 9.17) is 4.98 Å². The van der Waals surface area contributed by atoms with Crippen molar-refractivity contribution in [2.24, 2.45) is 0 Å². The van der Waals surface area contributed by atoms with Crippen LogP contribution in [0.5, 0.6) is 0 Å². The molecule has 5 heteroatoms. The maximum atomic E-state index is 13.7. The number of para-hydroxylation sites is 2. The monoisotopic (exact) mass is 429 g/mol. The van der Waals surface area contributed by atoms with Crippen molar-refractivity contribution >= 4 is 16.9 Å². The summed E-state index contributed by atoms with van der Waals surface area (Å²) in [5, 5.41) is 2.81. The van der Waals surface area contributed by atoms with Crippen LogP contribution in [0.4, 0.5) is 4.39 Å². The molecule has 1 amide bonds. The molecule has 0 saturated heterocycles. The predicted molar refractivity (Wildman–Crippen MR) is 126 cm³/mol. The second-order valence-electron chi connectivity index (χ2n) is 8.02. The fourth-order valence-electron chi connectivity index (χ4n) is 4.11. The van der Waals surface area contributed by atoms with Crippen LogP contribution in [0.15, 0.2) is 78.9 Å². The maximum absolute atomic E-state index is 13.7. The molecular weight excluding hydrogens is 401 g/mol. The fraction of sp³-hybridized carbons (Fsp3) is 0.259. The minimum absolute atomic E-state index is 0.0936. The number of nitrogens with zero attached hydrogens (tertiary/aromatic N) is 2. The van der Waals surface area contributed by atoms with Crippen molar-refractivity contribution in [3.8, 4) is 0 Å². The van der Waals surface area contributed by atoms with Crippen molar-refractivity contribution in [1.29, 1.82) is 0 Å². The third kappa shape index (κ3) is 4.88. The number of nitrogens with one attached hydrogen (secondary N) is 1. The molecule has 4 aromatic rings. The Hall–Kier alpha value is -3.47. The van der Waals surface area contributed by atoms with Gasteiger partial charge in [0.2, 0.25) is 0 Å². The number of carbonyl (C=O) groups excluding carboxylic acids is 1. The van der Waals surface area contributed by atoms with E-state index in [0.717, 1.165) is 42.5 Å². The van der Waals surface area contributed by atoms with Gasteiger partial charge < -0.3 is 9.88 Å².